The van der Waals surface area contributed by atoms with E-state index in [0.29, 0.717) is 0 Å². The first-order valence-electron chi connectivity index (χ1n) is 5.03. The van der Waals surface area contributed by atoms with Gasteiger partial charge in [0.25, 0.3) is 0 Å². The molecule has 0 radical (unpaired) electrons. The Balaban J connectivity index is 2.44. The normalized spacial score (nSPS) is 11.7. The number of rotatable bonds is 1. The van der Waals surface area contributed by atoms with Gasteiger partial charge in [-0.15, -0.1) is 0 Å². The van der Waals surface area contributed by atoms with E-state index in [1.165, 1.54) is 5.56 Å². The lowest BCUT2D eigenvalue weighted by molar-refractivity contribution is 0.589. The molecular formula is C12H15N3. The Morgan fingerprint density at radius 3 is 2.60 bits per heavy atom. The van der Waals surface area contributed by atoms with E-state index < -0.39 is 0 Å². The number of hydrogen-bond acceptors (Lipinski definition) is 2. The molecule has 3 nitrogen and oxygen atoms in total. The summed E-state index contributed by atoms with van der Waals surface area (Å²) in [6.45, 7) is 6.61. The highest BCUT2D eigenvalue weighted by Crippen LogP contribution is 2.23. The Labute approximate surface area is 89.8 Å². The molecule has 15 heavy (non-hydrogen) atoms. The summed E-state index contributed by atoms with van der Waals surface area (Å²) >= 11 is 0. The van der Waals surface area contributed by atoms with Crippen molar-refractivity contribution in [2.24, 2.45) is 0 Å². The van der Waals surface area contributed by atoms with Gasteiger partial charge >= 0.3 is 0 Å². The summed E-state index contributed by atoms with van der Waals surface area (Å²) in [6.07, 6.45) is 3.26. The lowest BCUT2D eigenvalue weighted by Crippen LogP contribution is -2.11. The van der Waals surface area contributed by atoms with Crippen LogP contribution in [0, 0.1) is 0 Å². The van der Waals surface area contributed by atoms with Crippen LogP contribution in [0.25, 0.3) is 5.69 Å². The van der Waals surface area contributed by atoms with Crippen LogP contribution >= 0.6 is 0 Å². The molecule has 0 amide bonds. The molecule has 0 N–H and O–H groups in total. The molecule has 1 aromatic carbocycles. The molecule has 3 heteroatoms. The molecule has 78 valence electrons. The predicted molar refractivity (Wildman–Crippen MR) is 60.1 cm³/mol. The highest BCUT2D eigenvalue weighted by atomic mass is 15.3. The van der Waals surface area contributed by atoms with Crippen molar-refractivity contribution in [1.82, 2.24) is 14.8 Å². The first-order chi connectivity index (χ1) is 7.07. The molecule has 0 fully saturated rings. The Hall–Kier alpha value is -1.64. The largest absolute Gasteiger partial charge is 0.223 e. The van der Waals surface area contributed by atoms with E-state index in [-0.39, 0.29) is 5.41 Å². The smallest absolute Gasteiger partial charge is 0.138 e. The molecule has 1 aromatic heterocycles. The second-order valence-electron chi connectivity index (χ2n) is 4.64. The molecule has 0 aliphatic carbocycles. The van der Waals surface area contributed by atoms with Crippen LogP contribution in [0.5, 0.6) is 0 Å². The zero-order valence-corrected chi connectivity index (χ0v) is 9.31. The quantitative estimate of drug-likeness (QED) is 0.710. The van der Waals surface area contributed by atoms with Gasteiger partial charge in [-0.3, -0.25) is 0 Å². The van der Waals surface area contributed by atoms with Crippen LogP contribution in [-0.4, -0.2) is 14.8 Å². The third-order valence-corrected chi connectivity index (χ3v) is 2.40. The molecule has 0 aliphatic heterocycles. The maximum absolute atomic E-state index is 4.12. The van der Waals surface area contributed by atoms with Crippen molar-refractivity contribution in [2.45, 2.75) is 26.2 Å². The molecule has 0 spiro atoms. The summed E-state index contributed by atoms with van der Waals surface area (Å²) in [6, 6.07) is 8.37. The van der Waals surface area contributed by atoms with Crippen molar-refractivity contribution in [1.29, 1.82) is 0 Å². The average Bonchev–Trinajstić information content (AvgIpc) is 2.69. The minimum absolute atomic E-state index is 0.163. The standard InChI is InChI=1S/C12H15N3/c1-12(2,3)10-5-4-6-11(7-10)15-9-13-8-14-15/h4-9H,1-3H3. The summed E-state index contributed by atoms with van der Waals surface area (Å²) in [5.41, 5.74) is 2.52. The molecule has 2 aromatic rings. The van der Waals surface area contributed by atoms with E-state index in [9.17, 15) is 0 Å². The summed E-state index contributed by atoms with van der Waals surface area (Å²) in [7, 11) is 0. The van der Waals surface area contributed by atoms with Gasteiger partial charge in [-0.25, -0.2) is 9.67 Å². The Morgan fingerprint density at radius 2 is 2.00 bits per heavy atom. The van der Waals surface area contributed by atoms with Gasteiger partial charge in [-0.1, -0.05) is 32.9 Å². The maximum atomic E-state index is 4.12. The molecule has 0 unspecified atom stereocenters. The first-order valence-corrected chi connectivity index (χ1v) is 5.03. The second kappa shape index (κ2) is 3.50. The van der Waals surface area contributed by atoms with Crippen molar-refractivity contribution in [3.05, 3.63) is 42.5 Å². The third-order valence-electron chi connectivity index (χ3n) is 2.40. The van der Waals surface area contributed by atoms with Gasteiger partial charge in [0.05, 0.1) is 5.69 Å². The van der Waals surface area contributed by atoms with E-state index in [0.717, 1.165) is 5.69 Å². The fourth-order valence-electron chi connectivity index (χ4n) is 1.46. The van der Waals surface area contributed by atoms with Crippen LogP contribution < -0.4 is 0 Å². The van der Waals surface area contributed by atoms with Gasteiger partial charge in [-0.05, 0) is 23.1 Å². The van der Waals surface area contributed by atoms with Crippen molar-refractivity contribution < 1.29 is 0 Å². The van der Waals surface area contributed by atoms with Gasteiger partial charge in [0, 0.05) is 0 Å². The topological polar surface area (TPSA) is 30.7 Å². The number of hydrogen-bond donors (Lipinski definition) is 0. The van der Waals surface area contributed by atoms with Gasteiger partial charge in [0.1, 0.15) is 12.7 Å². The van der Waals surface area contributed by atoms with Crippen LogP contribution in [0.4, 0.5) is 0 Å². The van der Waals surface area contributed by atoms with E-state index in [1.807, 2.05) is 6.07 Å². The monoisotopic (exact) mass is 201 g/mol. The minimum atomic E-state index is 0.163. The number of nitrogens with zero attached hydrogens (tertiary/aromatic N) is 3. The first kappa shape index (κ1) is 9.90. The highest BCUT2D eigenvalue weighted by Gasteiger charge is 2.13. The van der Waals surface area contributed by atoms with E-state index >= 15 is 0 Å². The predicted octanol–water partition coefficient (Wildman–Crippen LogP) is 2.56. The Morgan fingerprint density at radius 1 is 1.20 bits per heavy atom. The number of benzene rings is 1. The lowest BCUT2D eigenvalue weighted by atomic mass is 9.87. The van der Waals surface area contributed by atoms with Crippen molar-refractivity contribution in [3.8, 4) is 5.69 Å². The van der Waals surface area contributed by atoms with E-state index in [4.69, 9.17) is 0 Å². The van der Waals surface area contributed by atoms with E-state index in [1.54, 1.807) is 17.3 Å². The molecular weight excluding hydrogens is 186 g/mol. The fourth-order valence-corrected chi connectivity index (χ4v) is 1.46. The zero-order valence-electron chi connectivity index (χ0n) is 9.31. The van der Waals surface area contributed by atoms with Crippen molar-refractivity contribution in [3.63, 3.8) is 0 Å². The average molecular weight is 201 g/mol. The molecule has 2 rings (SSSR count). The Bertz CT molecular complexity index is 438. The minimum Gasteiger partial charge on any atom is -0.223 e. The molecule has 0 saturated heterocycles. The second-order valence-corrected chi connectivity index (χ2v) is 4.64. The third kappa shape index (κ3) is 2.06. The van der Waals surface area contributed by atoms with Crippen LogP contribution in [0.15, 0.2) is 36.9 Å². The van der Waals surface area contributed by atoms with Crippen LogP contribution in [0.1, 0.15) is 26.3 Å². The van der Waals surface area contributed by atoms with Gasteiger partial charge in [-0.2, -0.15) is 5.10 Å². The molecule has 0 aliphatic rings. The van der Waals surface area contributed by atoms with Gasteiger partial charge in [0.2, 0.25) is 0 Å². The molecule has 1 heterocycles. The molecule has 0 bridgehead atoms. The van der Waals surface area contributed by atoms with Crippen LogP contribution in [-0.2, 0) is 5.41 Å². The van der Waals surface area contributed by atoms with Crippen LogP contribution in [0.3, 0.4) is 0 Å². The lowest BCUT2D eigenvalue weighted by Gasteiger charge is -2.19. The summed E-state index contributed by atoms with van der Waals surface area (Å²) in [5.74, 6) is 0. The number of aromatic nitrogens is 3. The SMILES string of the molecule is CC(C)(C)c1cccc(-n2cncn2)c1. The summed E-state index contributed by atoms with van der Waals surface area (Å²) in [4.78, 5) is 3.94. The summed E-state index contributed by atoms with van der Waals surface area (Å²) < 4.78 is 1.77. The maximum Gasteiger partial charge on any atom is 0.138 e. The Kier molecular flexibility index (Phi) is 2.31. The van der Waals surface area contributed by atoms with Crippen LogP contribution in [0.2, 0.25) is 0 Å². The highest BCUT2D eigenvalue weighted by molar-refractivity contribution is 5.37. The fraction of sp³-hybridized carbons (Fsp3) is 0.333. The zero-order chi connectivity index (χ0) is 10.9. The van der Waals surface area contributed by atoms with Gasteiger partial charge < -0.3 is 0 Å². The molecule has 0 saturated carbocycles. The summed E-state index contributed by atoms with van der Waals surface area (Å²) in [5, 5.41) is 4.12. The molecule has 0 atom stereocenters. The van der Waals surface area contributed by atoms with Crippen molar-refractivity contribution in [2.75, 3.05) is 0 Å². The van der Waals surface area contributed by atoms with Crippen molar-refractivity contribution >= 4 is 0 Å². The van der Waals surface area contributed by atoms with E-state index in [2.05, 4.69) is 49.1 Å². The van der Waals surface area contributed by atoms with Gasteiger partial charge in [0.15, 0.2) is 0 Å².